The van der Waals surface area contributed by atoms with E-state index in [4.69, 9.17) is 0 Å². The number of hydrogen-bond donors (Lipinski definition) is 0. The van der Waals surface area contributed by atoms with Gasteiger partial charge in [-0.3, -0.25) is 0 Å². The van der Waals surface area contributed by atoms with Crippen LogP contribution in [0.4, 0.5) is 0 Å². The summed E-state index contributed by atoms with van der Waals surface area (Å²) < 4.78 is 0. The molecule has 0 aromatic carbocycles. The molecule has 0 heterocycles. The van der Waals surface area contributed by atoms with Gasteiger partial charge >= 0.3 is 0 Å². The Morgan fingerprint density at radius 3 is 0.750 bits per heavy atom. The highest BCUT2D eigenvalue weighted by Crippen LogP contribution is 2.12. The maximum atomic E-state index is 2.29. The van der Waals surface area contributed by atoms with Gasteiger partial charge in [-0.2, -0.15) is 0 Å². The summed E-state index contributed by atoms with van der Waals surface area (Å²) in [7, 11) is 0. The summed E-state index contributed by atoms with van der Waals surface area (Å²) in [6.45, 7) is 4.58. The summed E-state index contributed by atoms with van der Waals surface area (Å²) in [5.74, 6) is 0. The summed E-state index contributed by atoms with van der Waals surface area (Å²) in [5.41, 5.74) is 0. The maximum Gasteiger partial charge on any atom is -0.0533 e. The first-order valence-corrected chi connectivity index (χ1v) is 7.41. The van der Waals surface area contributed by atoms with Gasteiger partial charge < -0.3 is 0 Å². The molecule has 0 unspecified atom stereocenters. The van der Waals surface area contributed by atoms with Crippen LogP contribution in [0.5, 0.6) is 0 Å². The highest BCUT2D eigenvalue weighted by molar-refractivity contribution is 14.0. The molecule has 16 heavy (non-hydrogen) atoms. The molecule has 0 aromatic heterocycles. The van der Waals surface area contributed by atoms with Crippen molar-refractivity contribution in [1.82, 2.24) is 0 Å². The Balaban J connectivity index is 0. The largest absolute Gasteiger partial charge is 0.107 e. The summed E-state index contributed by atoms with van der Waals surface area (Å²) >= 11 is 0. The molecule has 0 amide bonds. The molecule has 0 aliphatic rings. The highest BCUT2D eigenvalue weighted by atomic mass is 127. The van der Waals surface area contributed by atoms with E-state index in [9.17, 15) is 0 Å². The minimum absolute atomic E-state index is 0. The van der Waals surface area contributed by atoms with Crippen molar-refractivity contribution in [3.63, 3.8) is 0 Å². The first-order chi connectivity index (χ1) is 7.41. The number of halogens is 1. The first-order valence-electron chi connectivity index (χ1n) is 7.41. The molecule has 0 fully saturated rings. The normalized spacial score (nSPS) is 10.1. The summed E-state index contributed by atoms with van der Waals surface area (Å²) in [4.78, 5) is 0. The zero-order valence-corrected chi connectivity index (χ0v) is 13.9. The van der Waals surface area contributed by atoms with Crippen molar-refractivity contribution in [3.8, 4) is 0 Å². The fourth-order valence-corrected chi connectivity index (χ4v) is 2.09. The Kier molecular flexibility index (Phi) is 21.6. The van der Waals surface area contributed by atoms with Gasteiger partial charge in [0.15, 0.2) is 0 Å². The van der Waals surface area contributed by atoms with E-state index in [-0.39, 0.29) is 24.0 Å². The monoisotopic (exact) mass is 340 g/mol. The number of rotatable bonds is 12. The molecule has 0 N–H and O–H groups in total. The van der Waals surface area contributed by atoms with E-state index in [0.717, 1.165) is 0 Å². The fraction of sp³-hybridized carbons (Fsp3) is 1.00. The second kappa shape index (κ2) is 18.1. The third-order valence-electron chi connectivity index (χ3n) is 3.21. The van der Waals surface area contributed by atoms with E-state index in [1.807, 2.05) is 0 Å². The predicted molar refractivity (Wildman–Crippen MR) is 86.8 cm³/mol. The molecule has 0 spiro atoms. The lowest BCUT2D eigenvalue weighted by molar-refractivity contribution is 0.542. The van der Waals surface area contributed by atoms with Gasteiger partial charge in [0.1, 0.15) is 0 Å². The van der Waals surface area contributed by atoms with Crippen molar-refractivity contribution >= 4 is 24.0 Å². The van der Waals surface area contributed by atoms with Crippen LogP contribution in [-0.2, 0) is 0 Å². The molecule has 100 valence electrons. The van der Waals surface area contributed by atoms with Gasteiger partial charge in [0.05, 0.1) is 0 Å². The predicted octanol–water partition coefficient (Wildman–Crippen LogP) is 6.72. The molecular weight excluding hydrogens is 307 g/mol. The second-order valence-corrected chi connectivity index (χ2v) is 4.89. The molecule has 0 saturated heterocycles. The van der Waals surface area contributed by atoms with Gasteiger partial charge in [0, 0.05) is 0 Å². The van der Waals surface area contributed by atoms with Crippen molar-refractivity contribution in [2.24, 2.45) is 0 Å². The van der Waals surface area contributed by atoms with E-state index in [0.29, 0.717) is 0 Å². The van der Waals surface area contributed by atoms with Crippen LogP contribution in [-0.4, -0.2) is 0 Å². The van der Waals surface area contributed by atoms with Gasteiger partial charge in [-0.05, 0) is 0 Å². The minimum Gasteiger partial charge on any atom is -0.107 e. The van der Waals surface area contributed by atoms with Crippen LogP contribution in [0.15, 0.2) is 0 Å². The van der Waals surface area contributed by atoms with Crippen molar-refractivity contribution in [1.29, 1.82) is 0 Å². The molecule has 0 aromatic rings. The quantitative estimate of drug-likeness (QED) is 0.273. The van der Waals surface area contributed by atoms with E-state index in [2.05, 4.69) is 13.8 Å². The smallest absolute Gasteiger partial charge is 0.0533 e. The highest BCUT2D eigenvalue weighted by Gasteiger charge is 1.92. The van der Waals surface area contributed by atoms with Crippen LogP contribution in [0.2, 0.25) is 0 Å². The Hall–Kier alpha value is 0.730. The van der Waals surface area contributed by atoms with Gasteiger partial charge in [-0.1, -0.05) is 97.3 Å². The molecule has 0 aliphatic carbocycles. The second-order valence-electron chi connectivity index (χ2n) is 4.89. The fourth-order valence-electron chi connectivity index (χ4n) is 2.09. The lowest BCUT2D eigenvalue weighted by Crippen LogP contribution is -1.82. The lowest BCUT2D eigenvalue weighted by Gasteiger charge is -2.01. The standard InChI is InChI=1S/C15H32.HI/c1-3-5-7-9-11-13-15-14-12-10-8-6-4-2;/h3-15H2,1-2H3;1H. The van der Waals surface area contributed by atoms with Crippen LogP contribution in [0.25, 0.3) is 0 Å². The molecule has 0 nitrogen and oxygen atoms in total. The lowest BCUT2D eigenvalue weighted by atomic mass is 10.1. The Labute approximate surface area is 121 Å². The Morgan fingerprint density at radius 1 is 0.375 bits per heavy atom. The van der Waals surface area contributed by atoms with Crippen LogP contribution in [0, 0.1) is 0 Å². The summed E-state index contributed by atoms with van der Waals surface area (Å²) in [6.07, 6.45) is 18.9. The molecule has 1 heteroatoms. The van der Waals surface area contributed by atoms with E-state index < -0.39 is 0 Å². The first kappa shape index (κ1) is 19.1. The van der Waals surface area contributed by atoms with Crippen LogP contribution < -0.4 is 0 Å². The average Bonchev–Trinajstić information content (AvgIpc) is 2.26. The number of unbranched alkanes of at least 4 members (excludes halogenated alkanes) is 12. The summed E-state index contributed by atoms with van der Waals surface area (Å²) in [5, 5.41) is 0. The molecule has 0 rings (SSSR count). The van der Waals surface area contributed by atoms with Crippen molar-refractivity contribution in [3.05, 3.63) is 0 Å². The van der Waals surface area contributed by atoms with E-state index in [1.54, 1.807) is 0 Å². The molecular formula is C15H33I. The van der Waals surface area contributed by atoms with Crippen LogP contribution in [0.3, 0.4) is 0 Å². The maximum absolute atomic E-state index is 2.29. The number of hydrogen-bond acceptors (Lipinski definition) is 0. The zero-order valence-electron chi connectivity index (χ0n) is 11.6. The van der Waals surface area contributed by atoms with Gasteiger partial charge in [-0.25, -0.2) is 0 Å². The van der Waals surface area contributed by atoms with Crippen molar-refractivity contribution in [2.75, 3.05) is 0 Å². The van der Waals surface area contributed by atoms with Crippen LogP contribution >= 0.6 is 24.0 Å². The SMILES string of the molecule is CCCCCCCCCCCCCCC.I. The van der Waals surface area contributed by atoms with Gasteiger partial charge in [0.25, 0.3) is 0 Å². The van der Waals surface area contributed by atoms with Crippen molar-refractivity contribution < 1.29 is 0 Å². The average molecular weight is 340 g/mol. The topological polar surface area (TPSA) is 0 Å². The molecule has 0 atom stereocenters. The van der Waals surface area contributed by atoms with Gasteiger partial charge in [-0.15, -0.1) is 24.0 Å². The third-order valence-corrected chi connectivity index (χ3v) is 3.21. The summed E-state index contributed by atoms with van der Waals surface area (Å²) in [6, 6.07) is 0. The van der Waals surface area contributed by atoms with Crippen LogP contribution in [0.1, 0.15) is 97.3 Å². The zero-order chi connectivity index (χ0) is 11.2. The Bertz CT molecular complexity index is 89.6. The molecule has 0 radical (unpaired) electrons. The minimum atomic E-state index is 0. The molecule has 0 bridgehead atoms. The van der Waals surface area contributed by atoms with Gasteiger partial charge in [0.2, 0.25) is 0 Å². The van der Waals surface area contributed by atoms with Crippen molar-refractivity contribution in [2.45, 2.75) is 97.3 Å². The third kappa shape index (κ3) is 17.1. The Morgan fingerprint density at radius 2 is 0.562 bits per heavy atom. The molecule has 0 saturated carbocycles. The molecule has 0 aliphatic heterocycles. The van der Waals surface area contributed by atoms with E-state index >= 15 is 0 Å². The van der Waals surface area contributed by atoms with E-state index in [1.165, 1.54) is 83.5 Å².